The van der Waals surface area contributed by atoms with Gasteiger partial charge in [-0.05, 0) is 18.7 Å². The van der Waals surface area contributed by atoms with Crippen LogP contribution < -0.4 is 5.32 Å². The van der Waals surface area contributed by atoms with Crippen molar-refractivity contribution in [3.05, 3.63) is 33.9 Å². The fourth-order valence-electron chi connectivity index (χ4n) is 1.75. The van der Waals surface area contributed by atoms with Crippen LogP contribution >= 0.6 is 0 Å². The molecule has 0 aliphatic rings. The Balaban J connectivity index is 2.73. The molecule has 0 atom stereocenters. The lowest BCUT2D eigenvalue weighted by molar-refractivity contribution is -0.384. The second-order valence-corrected chi connectivity index (χ2v) is 4.46. The van der Waals surface area contributed by atoms with Crippen molar-refractivity contribution in [2.75, 3.05) is 26.0 Å². The molecule has 1 rings (SSSR count). The van der Waals surface area contributed by atoms with Crippen molar-refractivity contribution < 1.29 is 18.1 Å². The molecule has 20 heavy (non-hydrogen) atoms. The van der Waals surface area contributed by atoms with Gasteiger partial charge in [-0.25, -0.2) is 0 Å². The molecule has 0 aromatic heterocycles. The number of rotatable bonds is 6. The molecule has 112 valence electrons. The maximum Gasteiger partial charge on any atom is 0.390 e. The number of alkyl halides is 3. The number of benzene rings is 1. The van der Waals surface area contributed by atoms with Crippen LogP contribution in [0, 0.1) is 10.1 Å². The molecule has 0 radical (unpaired) electrons. The molecule has 5 nitrogen and oxygen atoms in total. The van der Waals surface area contributed by atoms with Gasteiger partial charge in [0.1, 0.15) is 5.69 Å². The molecule has 0 saturated heterocycles. The Morgan fingerprint density at radius 2 is 2.05 bits per heavy atom. The summed E-state index contributed by atoms with van der Waals surface area (Å²) in [6.07, 6.45) is -5.10. The van der Waals surface area contributed by atoms with Crippen molar-refractivity contribution in [1.82, 2.24) is 4.90 Å². The molecule has 0 amide bonds. The predicted molar refractivity (Wildman–Crippen MR) is 69.6 cm³/mol. The van der Waals surface area contributed by atoms with Crippen LogP contribution in [0.25, 0.3) is 0 Å². The zero-order valence-electron chi connectivity index (χ0n) is 11.2. The summed E-state index contributed by atoms with van der Waals surface area (Å²) in [5.41, 5.74) is 0.881. The van der Waals surface area contributed by atoms with Gasteiger partial charge in [0.05, 0.1) is 11.3 Å². The van der Waals surface area contributed by atoms with Gasteiger partial charge in [-0.15, -0.1) is 0 Å². The monoisotopic (exact) mass is 291 g/mol. The van der Waals surface area contributed by atoms with Crippen molar-refractivity contribution in [3.63, 3.8) is 0 Å². The lowest BCUT2D eigenvalue weighted by Gasteiger charge is -2.17. The van der Waals surface area contributed by atoms with Crippen molar-refractivity contribution in [2.45, 2.75) is 19.1 Å². The van der Waals surface area contributed by atoms with E-state index < -0.39 is 17.5 Å². The number of hydrogen-bond acceptors (Lipinski definition) is 4. The first-order valence-corrected chi connectivity index (χ1v) is 5.93. The van der Waals surface area contributed by atoms with Gasteiger partial charge in [-0.2, -0.15) is 13.2 Å². The number of nitro benzene ring substituents is 1. The highest BCUT2D eigenvalue weighted by atomic mass is 19.4. The lowest BCUT2D eigenvalue weighted by Crippen LogP contribution is -2.24. The van der Waals surface area contributed by atoms with E-state index >= 15 is 0 Å². The Kier molecular flexibility index (Phi) is 5.32. The van der Waals surface area contributed by atoms with Crippen LogP contribution in [0.5, 0.6) is 0 Å². The fraction of sp³-hybridized carbons (Fsp3) is 0.500. The fourth-order valence-corrected chi connectivity index (χ4v) is 1.75. The number of halogens is 3. The smallest absolute Gasteiger partial charge is 0.383 e. The van der Waals surface area contributed by atoms with Gasteiger partial charge in [0, 0.05) is 26.2 Å². The minimum atomic E-state index is -4.20. The van der Waals surface area contributed by atoms with Crippen LogP contribution in [-0.2, 0) is 6.54 Å². The van der Waals surface area contributed by atoms with Gasteiger partial charge >= 0.3 is 6.18 Å². The third-order valence-electron chi connectivity index (χ3n) is 2.76. The quantitative estimate of drug-likeness (QED) is 0.646. The van der Waals surface area contributed by atoms with Gasteiger partial charge in [0.15, 0.2) is 0 Å². The molecule has 0 fully saturated rings. The highest BCUT2D eigenvalue weighted by molar-refractivity contribution is 5.62. The summed E-state index contributed by atoms with van der Waals surface area (Å²) in [7, 11) is 3.11. The van der Waals surface area contributed by atoms with Crippen LogP contribution in [0.4, 0.5) is 24.5 Å². The van der Waals surface area contributed by atoms with Crippen molar-refractivity contribution in [2.24, 2.45) is 0 Å². The molecule has 1 N–H and O–H groups in total. The van der Waals surface area contributed by atoms with Crippen molar-refractivity contribution >= 4 is 11.4 Å². The third kappa shape index (κ3) is 5.04. The minimum Gasteiger partial charge on any atom is -0.383 e. The van der Waals surface area contributed by atoms with Gasteiger partial charge < -0.3 is 10.2 Å². The Morgan fingerprint density at radius 1 is 1.40 bits per heavy atom. The van der Waals surface area contributed by atoms with Crippen molar-refractivity contribution in [3.8, 4) is 0 Å². The predicted octanol–water partition coefficient (Wildman–Crippen LogP) is 3.02. The van der Waals surface area contributed by atoms with E-state index in [0.717, 1.165) is 0 Å². The highest BCUT2D eigenvalue weighted by Gasteiger charge is 2.27. The Bertz CT molecular complexity index is 478. The molecule has 1 aromatic carbocycles. The third-order valence-corrected chi connectivity index (χ3v) is 2.76. The summed E-state index contributed by atoms with van der Waals surface area (Å²) in [5, 5.41) is 13.6. The second kappa shape index (κ2) is 6.56. The molecule has 0 bridgehead atoms. The van der Waals surface area contributed by atoms with Gasteiger partial charge in [0.25, 0.3) is 5.69 Å². The number of anilines is 1. The molecule has 8 heteroatoms. The molecular weight excluding hydrogens is 275 g/mol. The first-order chi connectivity index (χ1) is 9.23. The second-order valence-electron chi connectivity index (χ2n) is 4.46. The maximum absolute atomic E-state index is 12.1. The summed E-state index contributed by atoms with van der Waals surface area (Å²) in [6, 6.07) is 4.57. The summed E-state index contributed by atoms with van der Waals surface area (Å²) in [6.45, 7) is 0.0754. The van der Waals surface area contributed by atoms with Gasteiger partial charge in [-0.1, -0.05) is 6.07 Å². The number of nitrogens with one attached hydrogen (secondary N) is 1. The Hall–Kier alpha value is -1.83. The van der Waals surface area contributed by atoms with Gasteiger partial charge in [-0.3, -0.25) is 10.1 Å². The van der Waals surface area contributed by atoms with Crippen LogP contribution in [0.15, 0.2) is 18.2 Å². The average Bonchev–Trinajstić information content (AvgIpc) is 2.35. The molecular formula is C12H16F3N3O2. The Morgan fingerprint density at radius 3 is 2.55 bits per heavy atom. The number of nitro groups is 1. The van der Waals surface area contributed by atoms with E-state index in [-0.39, 0.29) is 18.8 Å². The SMILES string of the molecule is CNc1ccc(CN(C)CCC(F)(F)F)cc1[N+](=O)[O-]. The molecule has 0 aliphatic carbocycles. The van der Waals surface area contributed by atoms with E-state index in [2.05, 4.69) is 5.32 Å². The van der Waals surface area contributed by atoms with E-state index in [0.29, 0.717) is 11.3 Å². The van der Waals surface area contributed by atoms with E-state index in [4.69, 9.17) is 0 Å². The Labute approximate surface area is 114 Å². The molecule has 1 aromatic rings. The lowest BCUT2D eigenvalue weighted by atomic mass is 10.1. The normalized spacial score (nSPS) is 11.7. The molecule has 0 saturated carbocycles. The zero-order valence-corrected chi connectivity index (χ0v) is 11.2. The van der Waals surface area contributed by atoms with E-state index in [9.17, 15) is 23.3 Å². The molecule has 0 unspecified atom stereocenters. The summed E-state index contributed by atoms with van der Waals surface area (Å²) < 4.78 is 36.3. The molecule has 0 spiro atoms. The number of hydrogen-bond donors (Lipinski definition) is 1. The standard InChI is InChI=1S/C12H16F3N3O2/c1-16-10-4-3-9(7-11(10)18(19)20)8-17(2)6-5-12(13,14)15/h3-4,7,16H,5-6,8H2,1-2H3. The van der Waals surface area contributed by atoms with E-state index in [1.54, 1.807) is 26.2 Å². The van der Waals surface area contributed by atoms with Crippen molar-refractivity contribution in [1.29, 1.82) is 0 Å². The summed E-state index contributed by atoms with van der Waals surface area (Å²) in [5.74, 6) is 0. The summed E-state index contributed by atoms with van der Waals surface area (Å²) in [4.78, 5) is 11.8. The van der Waals surface area contributed by atoms with Crippen LogP contribution in [-0.4, -0.2) is 36.6 Å². The van der Waals surface area contributed by atoms with E-state index in [1.807, 2.05) is 0 Å². The first kappa shape index (κ1) is 16.2. The molecule has 0 heterocycles. The highest BCUT2D eigenvalue weighted by Crippen LogP contribution is 2.26. The van der Waals surface area contributed by atoms with Crippen LogP contribution in [0.2, 0.25) is 0 Å². The van der Waals surface area contributed by atoms with E-state index in [1.165, 1.54) is 11.0 Å². The van der Waals surface area contributed by atoms with Gasteiger partial charge in [0.2, 0.25) is 0 Å². The average molecular weight is 291 g/mol. The molecule has 0 aliphatic heterocycles. The largest absolute Gasteiger partial charge is 0.390 e. The number of nitrogens with zero attached hydrogens (tertiary/aromatic N) is 2. The zero-order chi connectivity index (χ0) is 15.3. The minimum absolute atomic E-state index is 0.0887. The van der Waals surface area contributed by atoms with Crippen LogP contribution in [0.1, 0.15) is 12.0 Å². The van der Waals surface area contributed by atoms with Crippen LogP contribution in [0.3, 0.4) is 0 Å². The first-order valence-electron chi connectivity index (χ1n) is 5.93. The summed E-state index contributed by atoms with van der Waals surface area (Å²) >= 11 is 0. The topological polar surface area (TPSA) is 58.4 Å². The maximum atomic E-state index is 12.1.